The van der Waals surface area contributed by atoms with Crippen molar-refractivity contribution < 1.29 is 8.98 Å². The molecule has 3 nitrogen and oxygen atoms in total. The number of aromatic nitrogens is 2. The van der Waals surface area contributed by atoms with E-state index in [4.69, 9.17) is 4.42 Å². The van der Waals surface area contributed by atoms with Gasteiger partial charge in [0.1, 0.15) is 18.2 Å². The summed E-state index contributed by atoms with van der Waals surface area (Å²) in [6.45, 7) is 13.9. The van der Waals surface area contributed by atoms with Crippen LogP contribution >= 0.6 is 0 Å². The molecule has 0 saturated heterocycles. The molecule has 0 aliphatic heterocycles. The van der Waals surface area contributed by atoms with E-state index in [1.807, 2.05) is 18.6 Å². The minimum absolute atomic E-state index is 0.124. The summed E-state index contributed by atoms with van der Waals surface area (Å²) < 4.78 is 8.74. The van der Waals surface area contributed by atoms with Gasteiger partial charge in [0.25, 0.3) is 0 Å². The molecule has 2 aromatic heterocycles. The van der Waals surface area contributed by atoms with Crippen molar-refractivity contribution in [1.29, 1.82) is 0 Å². The van der Waals surface area contributed by atoms with Gasteiger partial charge in [-0.25, -0.2) is 0 Å². The molecule has 0 fully saturated rings. The fourth-order valence-corrected chi connectivity index (χ4v) is 5.35. The Morgan fingerprint density at radius 2 is 1.77 bits per heavy atom. The van der Waals surface area contributed by atoms with Crippen molar-refractivity contribution in [3.8, 4) is 11.3 Å². The highest BCUT2D eigenvalue weighted by Crippen LogP contribution is 2.51. The number of hydrogen-bond donors (Lipinski definition) is 0. The van der Waals surface area contributed by atoms with Crippen LogP contribution in [0.4, 0.5) is 0 Å². The Morgan fingerprint density at radius 3 is 2.50 bits per heavy atom. The summed E-state index contributed by atoms with van der Waals surface area (Å²) in [5.41, 5.74) is 9.99. The molecule has 0 radical (unpaired) electrons. The zero-order chi connectivity index (χ0) is 21.4. The lowest BCUT2D eigenvalue weighted by molar-refractivity contribution is -0.660. The van der Waals surface area contributed by atoms with Gasteiger partial charge in [0, 0.05) is 10.8 Å². The minimum atomic E-state index is 0.124. The number of rotatable bonds is 1. The lowest BCUT2D eigenvalue weighted by Crippen LogP contribution is -2.33. The maximum absolute atomic E-state index is 6.62. The average molecular weight is 400 g/mol. The monoisotopic (exact) mass is 399 g/mol. The highest BCUT2D eigenvalue weighted by molar-refractivity contribution is 6.12. The zero-order valence-corrected chi connectivity index (χ0v) is 19.2. The van der Waals surface area contributed by atoms with Gasteiger partial charge >= 0.3 is 0 Å². The summed E-state index contributed by atoms with van der Waals surface area (Å²) in [5.74, 6) is 0. The number of fused-ring (bicyclic) bond motifs is 5. The van der Waals surface area contributed by atoms with Crippen molar-refractivity contribution in [3.05, 3.63) is 59.0 Å². The maximum Gasteiger partial charge on any atom is 0.234 e. The Bertz CT molecular complexity index is 1320. The number of hydrogen-bond acceptors (Lipinski definition) is 2. The predicted octanol–water partition coefficient (Wildman–Crippen LogP) is 6.44. The van der Waals surface area contributed by atoms with E-state index in [0.29, 0.717) is 0 Å². The molecule has 2 heterocycles. The van der Waals surface area contributed by atoms with E-state index in [1.54, 1.807) is 0 Å². The molecule has 2 aromatic carbocycles. The molecule has 5 rings (SSSR count). The zero-order valence-electron chi connectivity index (χ0n) is 19.2. The molecule has 1 aliphatic carbocycles. The highest BCUT2D eigenvalue weighted by atomic mass is 16.3. The molecule has 0 bridgehead atoms. The molecular formula is C27H31N2O+. The molecular weight excluding hydrogens is 368 g/mol. The van der Waals surface area contributed by atoms with Gasteiger partial charge < -0.3 is 4.42 Å². The summed E-state index contributed by atoms with van der Waals surface area (Å²) in [5, 5.41) is 2.53. The first-order valence-electron chi connectivity index (χ1n) is 10.9. The second-order valence-electron chi connectivity index (χ2n) is 10.4. The van der Waals surface area contributed by atoms with E-state index < -0.39 is 0 Å². The van der Waals surface area contributed by atoms with E-state index in [2.05, 4.69) is 76.3 Å². The average Bonchev–Trinajstić information content (AvgIpc) is 3.05. The number of benzene rings is 2. The molecule has 0 unspecified atom stereocenters. The Hall–Kier alpha value is -2.68. The first kappa shape index (κ1) is 19.3. The van der Waals surface area contributed by atoms with Crippen molar-refractivity contribution in [2.24, 2.45) is 7.05 Å². The smallest absolute Gasteiger partial charge is 0.234 e. The van der Waals surface area contributed by atoms with Gasteiger partial charge in [0.2, 0.25) is 5.69 Å². The van der Waals surface area contributed by atoms with Crippen molar-refractivity contribution in [2.75, 3.05) is 0 Å². The topological polar surface area (TPSA) is 29.9 Å². The van der Waals surface area contributed by atoms with E-state index in [-0.39, 0.29) is 10.8 Å². The van der Waals surface area contributed by atoms with Gasteiger partial charge in [-0.15, -0.1) is 0 Å². The number of furan rings is 1. The molecule has 4 aromatic rings. The van der Waals surface area contributed by atoms with Gasteiger partial charge in [-0.05, 0) is 71.9 Å². The van der Waals surface area contributed by atoms with Crippen LogP contribution in [0.1, 0.15) is 62.8 Å². The van der Waals surface area contributed by atoms with Crippen LogP contribution in [0.15, 0.2) is 41.2 Å². The minimum Gasteiger partial charge on any atom is -0.455 e. The summed E-state index contributed by atoms with van der Waals surface area (Å²) in [6, 6.07) is 6.83. The van der Waals surface area contributed by atoms with E-state index in [1.165, 1.54) is 45.9 Å². The standard InChI is InChI=1S/C27H31N2O/c1-16-14-18-23-21(9-8-19-24(23)27(5,6)11-10-26(19,3)4)30-25(18)22(17(16)2)20-15-28-12-13-29(20)7/h8-9,12-15H,10-11H2,1-7H3/q+1. The van der Waals surface area contributed by atoms with Gasteiger partial charge in [-0.1, -0.05) is 33.8 Å². The van der Waals surface area contributed by atoms with Crippen LogP contribution < -0.4 is 4.57 Å². The fourth-order valence-electron chi connectivity index (χ4n) is 5.35. The maximum atomic E-state index is 6.62. The molecule has 154 valence electrons. The van der Waals surface area contributed by atoms with Crippen LogP contribution in [0.3, 0.4) is 0 Å². The Morgan fingerprint density at radius 1 is 1.03 bits per heavy atom. The van der Waals surface area contributed by atoms with Crippen molar-refractivity contribution in [3.63, 3.8) is 0 Å². The van der Waals surface area contributed by atoms with Crippen LogP contribution in [-0.2, 0) is 17.9 Å². The van der Waals surface area contributed by atoms with Gasteiger partial charge in [-0.2, -0.15) is 4.57 Å². The molecule has 0 saturated carbocycles. The molecule has 0 atom stereocenters. The SMILES string of the molecule is Cc1cc2c(oc3ccc4c(c32)C(C)(C)CCC4(C)C)c(-c2cncc[n+]2C)c1C. The molecule has 3 heteroatoms. The van der Waals surface area contributed by atoms with Crippen LogP contribution in [0.5, 0.6) is 0 Å². The molecule has 30 heavy (non-hydrogen) atoms. The predicted molar refractivity (Wildman–Crippen MR) is 123 cm³/mol. The largest absolute Gasteiger partial charge is 0.455 e. The third-order valence-electron chi connectivity index (χ3n) is 7.44. The van der Waals surface area contributed by atoms with Gasteiger partial charge in [0.05, 0.1) is 18.0 Å². The number of nitrogens with zero attached hydrogens (tertiary/aromatic N) is 2. The summed E-state index contributed by atoms with van der Waals surface area (Å²) >= 11 is 0. The molecule has 0 N–H and O–H groups in total. The quantitative estimate of drug-likeness (QED) is 0.345. The Kier molecular flexibility index (Phi) is 3.96. The van der Waals surface area contributed by atoms with Crippen molar-refractivity contribution in [1.82, 2.24) is 4.98 Å². The van der Waals surface area contributed by atoms with E-state index in [0.717, 1.165) is 22.4 Å². The highest BCUT2D eigenvalue weighted by Gasteiger charge is 2.39. The van der Waals surface area contributed by atoms with Crippen molar-refractivity contribution >= 4 is 21.9 Å². The summed E-state index contributed by atoms with van der Waals surface area (Å²) in [4.78, 5) is 4.40. The molecule has 0 spiro atoms. The van der Waals surface area contributed by atoms with Crippen LogP contribution in [0, 0.1) is 13.8 Å². The van der Waals surface area contributed by atoms with Gasteiger partial charge in [-0.3, -0.25) is 4.98 Å². The van der Waals surface area contributed by atoms with Crippen LogP contribution in [-0.4, -0.2) is 4.98 Å². The Labute approximate surface area is 178 Å². The summed E-state index contributed by atoms with van der Waals surface area (Å²) in [6.07, 6.45) is 8.17. The van der Waals surface area contributed by atoms with Crippen LogP contribution in [0.2, 0.25) is 0 Å². The second kappa shape index (κ2) is 6.16. The van der Waals surface area contributed by atoms with Crippen LogP contribution in [0.25, 0.3) is 33.2 Å². The third-order valence-corrected chi connectivity index (χ3v) is 7.44. The normalized spacial score (nSPS) is 17.4. The van der Waals surface area contributed by atoms with Crippen molar-refractivity contribution in [2.45, 2.75) is 65.2 Å². The second-order valence-corrected chi connectivity index (χ2v) is 10.4. The van der Waals surface area contributed by atoms with E-state index >= 15 is 0 Å². The van der Waals surface area contributed by atoms with E-state index in [9.17, 15) is 0 Å². The Balaban J connectivity index is 1.98. The summed E-state index contributed by atoms with van der Waals surface area (Å²) in [7, 11) is 2.07. The molecule has 1 aliphatic rings. The fraction of sp³-hybridized carbons (Fsp3) is 0.407. The lowest BCUT2D eigenvalue weighted by atomic mass is 9.62. The van der Waals surface area contributed by atoms with Gasteiger partial charge in [0.15, 0.2) is 6.20 Å². The molecule has 0 amide bonds. The third kappa shape index (κ3) is 2.57. The lowest BCUT2D eigenvalue weighted by Gasteiger charge is -2.42. The first-order chi connectivity index (χ1) is 14.1. The number of aryl methyl sites for hydroxylation is 2. The first-order valence-corrected chi connectivity index (χ1v) is 10.9.